The first-order valence-corrected chi connectivity index (χ1v) is 9.46. The number of hydrogen-bond donors (Lipinski definition) is 1. The van der Waals surface area contributed by atoms with Gasteiger partial charge in [0.2, 0.25) is 0 Å². The van der Waals surface area contributed by atoms with Gasteiger partial charge in [-0.25, -0.2) is 17.5 Å². The van der Waals surface area contributed by atoms with Crippen molar-refractivity contribution in [2.75, 3.05) is 11.9 Å². The van der Waals surface area contributed by atoms with Crippen LogP contribution in [0.5, 0.6) is 0 Å². The maximum Gasteiger partial charge on any atom is 0.335 e. The van der Waals surface area contributed by atoms with Gasteiger partial charge in [-0.2, -0.15) is 0 Å². The number of fused-ring (bicyclic) bond motifs is 1. The van der Waals surface area contributed by atoms with Crippen LogP contribution in [-0.4, -0.2) is 25.3 Å². The van der Waals surface area contributed by atoms with Gasteiger partial charge in [0, 0.05) is 6.54 Å². The summed E-state index contributed by atoms with van der Waals surface area (Å²) in [5.41, 5.74) is 1.24. The zero-order valence-corrected chi connectivity index (χ0v) is 14.8. The van der Waals surface area contributed by atoms with Crippen molar-refractivity contribution in [1.82, 2.24) is 4.31 Å². The molecule has 0 bridgehead atoms. The molecular formula is C16H14Cl2N2O3S. The van der Waals surface area contributed by atoms with E-state index in [1.807, 2.05) is 6.07 Å². The fourth-order valence-electron chi connectivity index (χ4n) is 2.54. The molecule has 2 amide bonds. The number of carbonyl (C=O) groups excluding carboxylic acids is 1. The van der Waals surface area contributed by atoms with Crippen LogP contribution in [0.25, 0.3) is 0 Å². The minimum Gasteiger partial charge on any atom is -0.306 e. The summed E-state index contributed by atoms with van der Waals surface area (Å²) < 4.78 is 26.0. The Balaban J connectivity index is 1.73. The van der Waals surface area contributed by atoms with E-state index in [9.17, 15) is 13.2 Å². The molecule has 1 aliphatic heterocycles. The maximum absolute atomic E-state index is 12.6. The summed E-state index contributed by atoms with van der Waals surface area (Å²) >= 11 is 11.8. The number of aryl methyl sites for hydroxylation is 1. The third-order valence-electron chi connectivity index (χ3n) is 3.73. The Kier molecular flexibility index (Phi) is 4.71. The van der Waals surface area contributed by atoms with Gasteiger partial charge in [0.25, 0.3) is 10.0 Å². The molecule has 24 heavy (non-hydrogen) atoms. The van der Waals surface area contributed by atoms with Crippen molar-refractivity contribution >= 4 is 44.9 Å². The number of para-hydroxylation sites is 1. The van der Waals surface area contributed by atoms with Crippen LogP contribution >= 0.6 is 23.2 Å². The Morgan fingerprint density at radius 2 is 1.79 bits per heavy atom. The smallest absolute Gasteiger partial charge is 0.306 e. The Morgan fingerprint density at radius 3 is 2.54 bits per heavy atom. The normalized spacial score (nSPS) is 15.8. The van der Waals surface area contributed by atoms with Gasteiger partial charge in [0.05, 0.1) is 15.7 Å². The first-order chi connectivity index (χ1) is 11.4. The second-order valence-electron chi connectivity index (χ2n) is 5.36. The van der Waals surface area contributed by atoms with Crippen molar-refractivity contribution in [1.29, 1.82) is 0 Å². The van der Waals surface area contributed by atoms with Crippen LogP contribution in [0, 0.1) is 0 Å². The van der Waals surface area contributed by atoms with Gasteiger partial charge >= 0.3 is 6.03 Å². The van der Waals surface area contributed by atoms with Gasteiger partial charge in [-0.15, -0.1) is 0 Å². The van der Waals surface area contributed by atoms with Crippen LogP contribution in [0.2, 0.25) is 10.0 Å². The predicted molar refractivity (Wildman–Crippen MR) is 94.1 cm³/mol. The van der Waals surface area contributed by atoms with E-state index in [-0.39, 0.29) is 11.4 Å². The van der Waals surface area contributed by atoms with E-state index in [0.29, 0.717) is 28.6 Å². The van der Waals surface area contributed by atoms with Crippen LogP contribution < -0.4 is 5.32 Å². The number of anilines is 1. The lowest BCUT2D eigenvalue weighted by Gasteiger charge is -2.28. The molecular weight excluding hydrogens is 371 g/mol. The molecule has 2 aromatic carbocycles. The largest absolute Gasteiger partial charge is 0.335 e. The Hall–Kier alpha value is -1.76. The lowest BCUT2D eigenvalue weighted by molar-refractivity contribution is 0.234. The number of sulfonamides is 1. The first kappa shape index (κ1) is 17.1. The number of halogens is 2. The molecule has 8 heteroatoms. The second kappa shape index (κ2) is 6.63. The molecule has 1 heterocycles. The quantitative estimate of drug-likeness (QED) is 0.860. The van der Waals surface area contributed by atoms with Crippen LogP contribution in [0.1, 0.15) is 12.0 Å². The third-order valence-corrected chi connectivity index (χ3v) is 6.31. The van der Waals surface area contributed by atoms with Crippen molar-refractivity contribution in [3.05, 3.63) is 58.1 Å². The van der Waals surface area contributed by atoms with Gasteiger partial charge in [0.1, 0.15) is 4.90 Å². The van der Waals surface area contributed by atoms with Crippen LogP contribution in [-0.2, 0) is 16.4 Å². The van der Waals surface area contributed by atoms with Crippen LogP contribution in [0.3, 0.4) is 0 Å². The zero-order chi connectivity index (χ0) is 17.3. The lowest BCUT2D eigenvalue weighted by Crippen LogP contribution is -2.44. The lowest BCUT2D eigenvalue weighted by atomic mass is 10.1. The topological polar surface area (TPSA) is 66.5 Å². The number of urea groups is 1. The highest BCUT2D eigenvalue weighted by molar-refractivity contribution is 7.90. The molecule has 0 radical (unpaired) electrons. The average molecular weight is 385 g/mol. The Morgan fingerprint density at radius 1 is 1.04 bits per heavy atom. The minimum absolute atomic E-state index is 0.0861. The highest BCUT2D eigenvalue weighted by atomic mass is 35.5. The molecule has 126 valence electrons. The molecule has 0 atom stereocenters. The fraction of sp³-hybridized carbons (Fsp3) is 0.188. The molecule has 5 nitrogen and oxygen atoms in total. The second-order valence-corrected chi connectivity index (χ2v) is 8.00. The predicted octanol–water partition coefficient (Wildman–Crippen LogP) is 4.16. The van der Waals surface area contributed by atoms with E-state index in [0.717, 1.165) is 9.87 Å². The van der Waals surface area contributed by atoms with Crippen LogP contribution in [0.4, 0.5) is 10.5 Å². The molecule has 0 aliphatic carbocycles. The van der Waals surface area contributed by atoms with E-state index in [1.54, 1.807) is 30.3 Å². The van der Waals surface area contributed by atoms with Gasteiger partial charge in [-0.1, -0.05) is 41.4 Å². The number of hydrogen-bond acceptors (Lipinski definition) is 3. The number of nitrogens with one attached hydrogen (secondary N) is 1. The summed E-state index contributed by atoms with van der Waals surface area (Å²) in [5, 5.41) is 3.52. The molecule has 0 unspecified atom stereocenters. The molecule has 1 N–H and O–H groups in total. The highest BCUT2D eigenvalue weighted by Gasteiger charge is 2.35. The zero-order valence-electron chi connectivity index (χ0n) is 12.5. The monoisotopic (exact) mass is 384 g/mol. The van der Waals surface area contributed by atoms with Gasteiger partial charge in [-0.3, -0.25) is 0 Å². The van der Waals surface area contributed by atoms with E-state index in [1.165, 1.54) is 6.07 Å². The summed E-state index contributed by atoms with van der Waals surface area (Å²) in [6.45, 7) is 0.0861. The number of carbonyl (C=O) groups is 1. The van der Waals surface area contributed by atoms with E-state index >= 15 is 0 Å². The number of nitrogens with zero attached hydrogens (tertiary/aromatic N) is 1. The van der Waals surface area contributed by atoms with Crippen molar-refractivity contribution in [3.63, 3.8) is 0 Å². The molecule has 1 aliphatic rings. The summed E-state index contributed by atoms with van der Waals surface area (Å²) in [6.07, 6.45) is 1.06. The summed E-state index contributed by atoms with van der Waals surface area (Å²) in [4.78, 5) is 12.2. The SMILES string of the molecule is O=C1Nc2ccccc2S(=O)(=O)N1CCCc1ccc(Cl)c(Cl)c1. The minimum atomic E-state index is -3.83. The Bertz CT molecular complexity index is 900. The molecule has 0 aromatic heterocycles. The van der Waals surface area contributed by atoms with Gasteiger partial charge < -0.3 is 5.32 Å². The highest BCUT2D eigenvalue weighted by Crippen LogP contribution is 2.30. The summed E-state index contributed by atoms with van der Waals surface area (Å²) in [7, 11) is -3.83. The fourth-order valence-corrected chi connectivity index (χ4v) is 4.38. The van der Waals surface area contributed by atoms with Gasteiger partial charge in [-0.05, 0) is 42.7 Å². The Labute approximate surface area is 150 Å². The number of benzene rings is 2. The van der Waals surface area contributed by atoms with Crippen LogP contribution in [0.15, 0.2) is 47.4 Å². The maximum atomic E-state index is 12.6. The van der Waals surface area contributed by atoms with Gasteiger partial charge in [0.15, 0.2) is 0 Å². The van der Waals surface area contributed by atoms with Crippen molar-refractivity contribution in [2.45, 2.75) is 17.7 Å². The molecule has 0 spiro atoms. The molecule has 0 fully saturated rings. The van der Waals surface area contributed by atoms with Crippen molar-refractivity contribution < 1.29 is 13.2 Å². The standard InChI is InChI=1S/C16H14Cl2N2O3S/c17-12-8-7-11(10-13(12)18)4-3-9-20-16(21)19-14-5-1-2-6-15(14)24(20,22)23/h1-2,5-8,10H,3-4,9H2,(H,19,21). The number of rotatable bonds is 4. The van der Waals surface area contributed by atoms with E-state index < -0.39 is 16.1 Å². The number of amides is 2. The molecule has 0 saturated heterocycles. The van der Waals surface area contributed by atoms with E-state index in [4.69, 9.17) is 23.2 Å². The van der Waals surface area contributed by atoms with E-state index in [2.05, 4.69) is 5.32 Å². The van der Waals surface area contributed by atoms with Crippen molar-refractivity contribution in [2.24, 2.45) is 0 Å². The first-order valence-electron chi connectivity index (χ1n) is 7.26. The molecule has 3 rings (SSSR count). The molecule has 2 aromatic rings. The molecule has 0 saturated carbocycles. The van der Waals surface area contributed by atoms with Crippen molar-refractivity contribution in [3.8, 4) is 0 Å². The average Bonchev–Trinajstić information content (AvgIpc) is 2.54. The third kappa shape index (κ3) is 3.22. The summed E-state index contributed by atoms with van der Waals surface area (Å²) in [5.74, 6) is 0. The summed E-state index contributed by atoms with van der Waals surface area (Å²) in [6, 6.07) is 11.0.